The summed E-state index contributed by atoms with van der Waals surface area (Å²) >= 11 is 1.53. The topological polar surface area (TPSA) is 60.4 Å². The van der Waals surface area contributed by atoms with Crippen LogP contribution in [0.4, 0.5) is 0 Å². The quantitative estimate of drug-likeness (QED) is 0.411. The lowest BCUT2D eigenvalue weighted by atomic mass is 10.2. The summed E-state index contributed by atoms with van der Waals surface area (Å²) in [5.41, 5.74) is 2.62. The number of aromatic nitrogens is 2. The molecule has 30 heavy (non-hydrogen) atoms. The van der Waals surface area contributed by atoms with Gasteiger partial charge in [0.05, 0.1) is 10.2 Å². The molecule has 5 rings (SSSR count). The zero-order valence-electron chi connectivity index (χ0n) is 15.9. The van der Waals surface area contributed by atoms with Crippen molar-refractivity contribution in [1.29, 1.82) is 0 Å². The standard InChI is InChI=1S/C24H17N3O2S/c28-23(26-22-12-6-7-15-27(22)16-17-8-2-1-3-9-17)19-13-14-20(29-19)24-25-18-10-4-5-11-21(18)30-24/h1-15H,16H2. The van der Waals surface area contributed by atoms with Crippen LogP contribution in [0.1, 0.15) is 16.1 Å². The molecule has 2 aromatic carbocycles. The van der Waals surface area contributed by atoms with Crippen LogP contribution in [0, 0.1) is 0 Å². The van der Waals surface area contributed by atoms with Crippen molar-refractivity contribution in [1.82, 2.24) is 9.55 Å². The van der Waals surface area contributed by atoms with Crippen molar-refractivity contribution in [3.05, 3.63) is 108 Å². The Labute approximate surface area is 176 Å². The van der Waals surface area contributed by atoms with Gasteiger partial charge in [-0.1, -0.05) is 48.5 Å². The largest absolute Gasteiger partial charge is 0.448 e. The van der Waals surface area contributed by atoms with Crippen LogP contribution in [0.2, 0.25) is 0 Å². The number of benzene rings is 2. The summed E-state index contributed by atoms with van der Waals surface area (Å²) in [6.07, 6.45) is 1.91. The molecule has 0 spiro atoms. The average Bonchev–Trinajstić information content (AvgIpc) is 3.43. The molecule has 146 valence electrons. The summed E-state index contributed by atoms with van der Waals surface area (Å²) in [6, 6.07) is 27.0. The SMILES string of the molecule is O=C(N=c1ccccn1Cc1ccccc1)c1ccc(-c2nc3ccccc3s2)o1. The second kappa shape index (κ2) is 7.93. The van der Waals surface area contributed by atoms with E-state index >= 15 is 0 Å². The van der Waals surface area contributed by atoms with Crippen molar-refractivity contribution >= 4 is 27.5 Å². The van der Waals surface area contributed by atoms with E-state index in [0.717, 1.165) is 20.8 Å². The fourth-order valence-electron chi connectivity index (χ4n) is 3.19. The molecule has 6 heteroatoms. The number of thiazole rings is 1. The minimum Gasteiger partial charge on any atom is -0.448 e. The van der Waals surface area contributed by atoms with Crippen LogP contribution in [0.5, 0.6) is 0 Å². The third kappa shape index (κ3) is 3.73. The summed E-state index contributed by atoms with van der Waals surface area (Å²) in [5, 5.41) is 0.745. The van der Waals surface area contributed by atoms with Crippen LogP contribution < -0.4 is 5.49 Å². The third-order valence-electron chi connectivity index (χ3n) is 4.65. The summed E-state index contributed by atoms with van der Waals surface area (Å²) in [4.78, 5) is 21.6. The molecule has 1 amide bonds. The Morgan fingerprint density at radius 3 is 2.60 bits per heavy atom. The number of rotatable bonds is 4. The lowest BCUT2D eigenvalue weighted by molar-refractivity contribution is 0.0971. The Kier molecular flexibility index (Phi) is 4.83. The normalized spacial score (nSPS) is 11.8. The molecule has 5 nitrogen and oxygen atoms in total. The van der Waals surface area contributed by atoms with Gasteiger partial charge in [-0.3, -0.25) is 4.79 Å². The van der Waals surface area contributed by atoms with Crippen molar-refractivity contribution in [2.24, 2.45) is 4.99 Å². The number of carbonyl (C=O) groups is 1. The molecule has 0 aliphatic rings. The fraction of sp³-hybridized carbons (Fsp3) is 0.0417. The van der Waals surface area contributed by atoms with E-state index < -0.39 is 5.91 Å². The van der Waals surface area contributed by atoms with Crippen molar-refractivity contribution in [3.63, 3.8) is 0 Å². The molecule has 0 saturated heterocycles. The molecule has 5 aromatic rings. The molecule has 0 aliphatic heterocycles. The van der Waals surface area contributed by atoms with Gasteiger partial charge in [0.2, 0.25) is 0 Å². The van der Waals surface area contributed by atoms with Crippen LogP contribution in [-0.2, 0) is 6.54 Å². The van der Waals surface area contributed by atoms with Crippen LogP contribution >= 0.6 is 11.3 Å². The van der Waals surface area contributed by atoms with E-state index in [2.05, 4.69) is 9.98 Å². The number of hydrogen-bond acceptors (Lipinski definition) is 4. The molecular weight excluding hydrogens is 394 g/mol. The summed E-state index contributed by atoms with van der Waals surface area (Å²) in [5.74, 6) is 0.342. The minimum atomic E-state index is -0.421. The number of amides is 1. The first-order valence-electron chi connectivity index (χ1n) is 9.50. The van der Waals surface area contributed by atoms with Crippen LogP contribution in [0.3, 0.4) is 0 Å². The molecule has 3 aromatic heterocycles. The number of para-hydroxylation sites is 1. The highest BCUT2D eigenvalue weighted by molar-refractivity contribution is 7.21. The minimum absolute atomic E-state index is 0.194. The predicted molar refractivity (Wildman–Crippen MR) is 117 cm³/mol. The summed E-state index contributed by atoms with van der Waals surface area (Å²) in [7, 11) is 0. The second-order valence-electron chi connectivity index (χ2n) is 6.74. The Hall–Kier alpha value is -3.77. The highest BCUT2D eigenvalue weighted by Crippen LogP contribution is 2.31. The number of furan rings is 1. The lowest BCUT2D eigenvalue weighted by Crippen LogP contribution is -2.22. The lowest BCUT2D eigenvalue weighted by Gasteiger charge is -2.07. The maximum absolute atomic E-state index is 12.7. The monoisotopic (exact) mass is 411 g/mol. The molecule has 0 atom stereocenters. The van der Waals surface area contributed by atoms with E-state index in [0.29, 0.717) is 17.8 Å². The zero-order valence-corrected chi connectivity index (χ0v) is 16.8. The van der Waals surface area contributed by atoms with E-state index in [1.54, 1.807) is 12.1 Å². The van der Waals surface area contributed by atoms with Gasteiger partial charge in [0, 0.05) is 12.7 Å². The molecule has 0 N–H and O–H groups in total. The van der Waals surface area contributed by atoms with Gasteiger partial charge in [0.15, 0.2) is 16.5 Å². The number of pyridine rings is 1. The number of fused-ring (bicyclic) bond motifs is 1. The van der Waals surface area contributed by atoms with Crippen molar-refractivity contribution in [2.75, 3.05) is 0 Å². The van der Waals surface area contributed by atoms with Crippen molar-refractivity contribution in [3.8, 4) is 10.8 Å². The van der Waals surface area contributed by atoms with E-state index in [9.17, 15) is 4.79 Å². The maximum Gasteiger partial charge on any atom is 0.314 e. The van der Waals surface area contributed by atoms with Gasteiger partial charge in [-0.05, 0) is 42.0 Å². The fourth-order valence-corrected chi connectivity index (χ4v) is 4.11. The number of nitrogens with zero attached hydrogens (tertiary/aromatic N) is 3. The van der Waals surface area contributed by atoms with E-state index in [4.69, 9.17) is 4.42 Å². The Bertz CT molecular complexity index is 1360. The van der Waals surface area contributed by atoms with Gasteiger partial charge in [-0.2, -0.15) is 4.99 Å². The predicted octanol–water partition coefficient (Wildman–Crippen LogP) is 5.15. The van der Waals surface area contributed by atoms with Gasteiger partial charge in [-0.25, -0.2) is 4.98 Å². The van der Waals surface area contributed by atoms with E-state index in [-0.39, 0.29) is 5.76 Å². The molecule has 0 bridgehead atoms. The molecule has 0 fully saturated rings. The zero-order chi connectivity index (χ0) is 20.3. The maximum atomic E-state index is 12.7. The molecule has 0 saturated carbocycles. The highest BCUT2D eigenvalue weighted by Gasteiger charge is 2.14. The summed E-state index contributed by atoms with van der Waals surface area (Å²) < 4.78 is 8.80. The molecule has 0 unspecified atom stereocenters. The Morgan fingerprint density at radius 2 is 1.73 bits per heavy atom. The highest BCUT2D eigenvalue weighted by atomic mass is 32.1. The van der Waals surface area contributed by atoms with Crippen molar-refractivity contribution < 1.29 is 9.21 Å². The third-order valence-corrected chi connectivity index (χ3v) is 5.70. The average molecular weight is 411 g/mol. The molecule has 3 heterocycles. The Balaban J connectivity index is 1.44. The molecular formula is C24H17N3O2S. The van der Waals surface area contributed by atoms with E-state index in [1.807, 2.05) is 83.6 Å². The van der Waals surface area contributed by atoms with Gasteiger partial charge in [-0.15, -0.1) is 11.3 Å². The van der Waals surface area contributed by atoms with Gasteiger partial charge in [0.1, 0.15) is 5.49 Å². The van der Waals surface area contributed by atoms with Crippen LogP contribution in [-0.4, -0.2) is 15.5 Å². The van der Waals surface area contributed by atoms with Gasteiger partial charge < -0.3 is 8.98 Å². The van der Waals surface area contributed by atoms with Crippen LogP contribution in [0.15, 0.2) is 101 Å². The first kappa shape index (κ1) is 18.3. The van der Waals surface area contributed by atoms with Crippen molar-refractivity contribution in [2.45, 2.75) is 6.54 Å². The number of carbonyl (C=O) groups excluding carboxylic acids is 1. The second-order valence-corrected chi connectivity index (χ2v) is 7.77. The molecule has 0 radical (unpaired) electrons. The van der Waals surface area contributed by atoms with E-state index in [1.165, 1.54) is 11.3 Å². The number of hydrogen-bond donors (Lipinski definition) is 0. The smallest absolute Gasteiger partial charge is 0.314 e. The van der Waals surface area contributed by atoms with Gasteiger partial charge >= 0.3 is 5.91 Å². The first-order chi connectivity index (χ1) is 14.8. The van der Waals surface area contributed by atoms with Gasteiger partial charge in [0.25, 0.3) is 0 Å². The summed E-state index contributed by atoms with van der Waals surface area (Å²) in [6.45, 7) is 0.628. The van der Waals surface area contributed by atoms with Crippen LogP contribution in [0.25, 0.3) is 21.0 Å². The first-order valence-corrected chi connectivity index (χ1v) is 10.3. The molecule has 0 aliphatic carbocycles. The Morgan fingerprint density at radius 1 is 0.933 bits per heavy atom.